The van der Waals surface area contributed by atoms with Gasteiger partial charge in [0.1, 0.15) is 18.1 Å². The number of pyridine rings is 1. The lowest BCUT2D eigenvalue weighted by Crippen LogP contribution is -2.40. The SMILES string of the molecule is COCC(=O)N[C@H]1C[C@@H](c2nc(-c3ccccc3)n[nH]2)N(C(=O)c2ccccn2)C1. The van der Waals surface area contributed by atoms with Crippen molar-refractivity contribution in [2.24, 2.45) is 0 Å². The largest absolute Gasteiger partial charge is 0.375 e. The molecule has 2 N–H and O–H groups in total. The van der Waals surface area contributed by atoms with E-state index >= 15 is 0 Å². The normalized spacial score (nSPS) is 18.4. The first-order chi connectivity index (χ1) is 14.7. The lowest BCUT2D eigenvalue weighted by Gasteiger charge is -2.22. The Morgan fingerprint density at radius 2 is 2.00 bits per heavy atom. The summed E-state index contributed by atoms with van der Waals surface area (Å²) in [6, 6.07) is 14.2. The summed E-state index contributed by atoms with van der Waals surface area (Å²) in [7, 11) is 1.47. The molecule has 1 aromatic carbocycles. The molecule has 0 spiro atoms. The van der Waals surface area contributed by atoms with Gasteiger partial charge in [-0.2, -0.15) is 5.10 Å². The lowest BCUT2D eigenvalue weighted by atomic mass is 10.1. The Hall–Kier alpha value is -3.59. The fourth-order valence-corrected chi connectivity index (χ4v) is 3.60. The topological polar surface area (TPSA) is 113 Å². The molecule has 0 unspecified atom stereocenters. The van der Waals surface area contributed by atoms with Gasteiger partial charge in [0.15, 0.2) is 5.82 Å². The number of aromatic amines is 1. The minimum atomic E-state index is -0.364. The van der Waals surface area contributed by atoms with Crippen LogP contribution in [0.1, 0.15) is 28.8 Å². The number of carbonyl (C=O) groups excluding carboxylic acids is 2. The Bertz CT molecular complexity index is 1010. The Balaban J connectivity index is 1.60. The fourth-order valence-electron chi connectivity index (χ4n) is 3.60. The molecule has 2 atom stereocenters. The third kappa shape index (κ3) is 4.20. The Labute approximate surface area is 173 Å². The highest BCUT2D eigenvalue weighted by molar-refractivity contribution is 5.92. The average molecular weight is 406 g/mol. The number of aromatic nitrogens is 4. The number of amides is 2. The van der Waals surface area contributed by atoms with Gasteiger partial charge in [0, 0.05) is 31.5 Å². The molecular weight excluding hydrogens is 384 g/mol. The predicted molar refractivity (Wildman–Crippen MR) is 108 cm³/mol. The van der Waals surface area contributed by atoms with Crippen LogP contribution in [0, 0.1) is 0 Å². The number of benzene rings is 1. The van der Waals surface area contributed by atoms with Gasteiger partial charge in [0.2, 0.25) is 5.91 Å². The summed E-state index contributed by atoms with van der Waals surface area (Å²) in [6.45, 7) is 0.312. The van der Waals surface area contributed by atoms with Gasteiger partial charge in [-0.1, -0.05) is 36.4 Å². The lowest BCUT2D eigenvalue weighted by molar-refractivity contribution is -0.125. The van der Waals surface area contributed by atoms with Crippen LogP contribution < -0.4 is 5.32 Å². The number of rotatable bonds is 6. The molecule has 1 aliphatic rings. The van der Waals surface area contributed by atoms with Crippen molar-refractivity contribution in [1.29, 1.82) is 0 Å². The van der Waals surface area contributed by atoms with Crippen LogP contribution in [0.5, 0.6) is 0 Å². The van der Waals surface area contributed by atoms with Gasteiger partial charge in [-0.05, 0) is 18.6 Å². The minimum absolute atomic E-state index is 0.0319. The van der Waals surface area contributed by atoms with Crippen molar-refractivity contribution < 1.29 is 14.3 Å². The van der Waals surface area contributed by atoms with E-state index in [1.54, 1.807) is 29.3 Å². The maximum absolute atomic E-state index is 13.1. The second-order valence-corrected chi connectivity index (χ2v) is 7.03. The first kappa shape index (κ1) is 19.7. The number of likely N-dealkylation sites (tertiary alicyclic amines) is 1. The van der Waals surface area contributed by atoms with Crippen molar-refractivity contribution in [3.8, 4) is 11.4 Å². The Morgan fingerprint density at radius 1 is 1.20 bits per heavy atom. The molecule has 1 fully saturated rings. The zero-order chi connectivity index (χ0) is 20.9. The van der Waals surface area contributed by atoms with E-state index in [2.05, 4.69) is 25.5 Å². The second-order valence-electron chi connectivity index (χ2n) is 7.03. The van der Waals surface area contributed by atoms with Crippen molar-refractivity contribution in [2.75, 3.05) is 20.3 Å². The van der Waals surface area contributed by atoms with E-state index in [9.17, 15) is 9.59 Å². The van der Waals surface area contributed by atoms with Gasteiger partial charge in [-0.25, -0.2) is 4.98 Å². The zero-order valence-corrected chi connectivity index (χ0v) is 16.5. The maximum atomic E-state index is 13.1. The summed E-state index contributed by atoms with van der Waals surface area (Å²) in [5.41, 5.74) is 1.22. The van der Waals surface area contributed by atoms with E-state index in [-0.39, 0.29) is 30.5 Å². The van der Waals surface area contributed by atoms with Crippen LogP contribution in [0.4, 0.5) is 0 Å². The summed E-state index contributed by atoms with van der Waals surface area (Å²) in [6.07, 6.45) is 2.09. The fraction of sp³-hybridized carbons (Fsp3) is 0.286. The average Bonchev–Trinajstić information content (AvgIpc) is 3.42. The van der Waals surface area contributed by atoms with Crippen LogP contribution in [0.3, 0.4) is 0 Å². The number of nitrogens with one attached hydrogen (secondary N) is 2. The molecule has 9 nitrogen and oxygen atoms in total. The van der Waals surface area contributed by atoms with Gasteiger partial charge in [0.05, 0.1) is 6.04 Å². The first-order valence-corrected chi connectivity index (χ1v) is 9.63. The van der Waals surface area contributed by atoms with E-state index in [4.69, 9.17) is 4.74 Å². The molecule has 1 aliphatic heterocycles. The van der Waals surface area contributed by atoms with E-state index in [1.807, 2.05) is 30.3 Å². The van der Waals surface area contributed by atoms with Gasteiger partial charge >= 0.3 is 0 Å². The molecule has 0 aliphatic carbocycles. The number of ether oxygens (including phenoxy) is 1. The number of H-pyrrole nitrogens is 1. The monoisotopic (exact) mass is 406 g/mol. The Kier molecular flexibility index (Phi) is 5.80. The third-order valence-electron chi connectivity index (χ3n) is 4.94. The summed E-state index contributed by atoms with van der Waals surface area (Å²) in [4.78, 5) is 35.6. The van der Waals surface area contributed by atoms with E-state index < -0.39 is 0 Å². The molecular formula is C21H22N6O3. The number of carbonyl (C=O) groups is 2. The predicted octanol–water partition coefficient (Wildman–Crippen LogP) is 1.59. The highest BCUT2D eigenvalue weighted by Gasteiger charge is 2.39. The van der Waals surface area contributed by atoms with Crippen LogP contribution in [-0.2, 0) is 9.53 Å². The number of hydrogen-bond donors (Lipinski definition) is 2. The van der Waals surface area contributed by atoms with Gasteiger partial charge in [-0.3, -0.25) is 19.7 Å². The van der Waals surface area contributed by atoms with Crippen molar-refractivity contribution >= 4 is 11.8 Å². The molecule has 4 rings (SSSR count). The van der Waals surface area contributed by atoms with E-state index in [0.717, 1.165) is 5.56 Å². The highest BCUT2D eigenvalue weighted by atomic mass is 16.5. The molecule has 30 heavy (non-hydrogen) atoms. The second kappa shape index (κ2) is 8.83. The third-order valence-corrected chi connectivity index (χ3v) is 4.94. The van der Waals surface area contributed by atoms with Crippen LogP contribution in [0.25, 0.3) is 11.4 Å². The van der Waals surface area contributed by atoms with Crippen molar-refractivity contribution in [2.45, 2.75) is 18.5 Å². The van der Waals surface area contributed by atoms with Crippen LogP contribution in [-0.4, -0.2) is 63.2 Å². The number of hydrogen-bond acceptors (Lipinski definition) is 6. The molecule has 2 aromatic heterocycles. The summed E-state index contributed by atoms with van der Waals surface area (Å²) < 4.78 is 4.89. The minimum Gasteiger partial charge on any atom is -0.375 e. The van der Waals surface area contributed by atoms with Gasteiger partial charge in [-0.15, -0.1) is 0 Å². The summed E-state index contributed by atoms with van der Waals surface area (Å²) in [5, 5.41) is 10.2. The van der Waals surface area contributed by atoms with Gasteiger partial charge < -0.3 is 15.0 Å². The molecule has 0 saturated carbocycles. The molecule has 0 bridgehead atoms. The van der Waals surface area contributed by atoms with E-state index in [1.165, 1.54) is 7.11 Å². The molecule has 154 valence electrons. The number of nitrogens with zero attached hydrogens (tertiary/aromatic N) is 4. The maximum Gasteiger partial charge on any atom is 0.273 e. The smallest absolute Gasteiger partial charge is 0.273 e. The van der Waals surface area contributed by atoms with Crippen LogP contribution in [0.15, 0.2) is 54.7 Å². The number of methoxy groups -OCH3 is 1. The quantitative estimate of drug-likeness (QED) is 0.643. The Morgan fingerprint density at radius 3 is 2.73 bits per heavy atom. The molecule has 9 heteroatoms. The highest BCUT2D eigenvalue weighted by Crippen LogP contribution is 2.32. The van der Waals surface area contributed by atoms with Crippen molar-refractivity contribution in [3.05, 3.63) is 66.2 Å². The molecule has 3 aromatic rings. The standard InChI is InChI=1S/C21H22N6O3/c1-30-13-18(28)23-15-11-17(27(12-15)21(29)16-9-5-6-10-22-16)20-24-19(25-26-20)14-7-3-2-4-8-14/h2-10,15,17H,11-13H2,1H3,(H,23,28)(H,24,25,26)/t15-,17-/m0/s1. The van der Waals surface area contributed by atoms with Crippen molar-refractivity contribution in [1.82, 2.24) is 30.4 Å². The molecule has 1 saturated heterocycles. The van der Waals surface area contributed by atoms with Crippen LogP contribution >= 0.6 is 0 Å². The van der Waals surface area contributed by atoms with E-state index in [0.29, 0.717) is 30.3 Å². The van der Waals surface area contributed by atoms with Crippen molar-refractivity contribution in [3.63, 3.8) is 0 Å². The van der Waals surface area contributed by atoms with Gasteiger partial charge in [0.25, 0.3) is 5.91 Å². The molecule has 0 radical (unpaired) electrons. The summed E-state index contributed by atoms with van der Waals surface area (Å²) in [5.74, 6) is 0.682. The van der Waals surface area contributed by atoms with Crippen LogP contribution in [0.2, 0.25) is 0 Å². The molecule has 3 heterocycles. The summed E-state index contributed by atoms with van der Waals surface area (Å²) >= 11 is 0. The zero-order valence-electron chi connectivity index (χ0n) is 16.5. The first-order valence-electron chi connectivity index (χ1n) is 9.63. The molecule has 2 amide bonds.